The lowest BCUT2D eigenvalue weighted by Crippen LogP contribution is -2.42. The van der Waals surface area contributed by atoms with Crippen LogP contribution in [0.3, 0.4) is 0 Å². The molecule has 1 N–H and O–H groups in total. The maximum Gasteiger partial charge on any atom is 0.0234 e. The predicted octanol–water partition coefficient (Wildman–Crippen LogP) is 3.34. The van der Waals surface area contributed by atoms with E-state index in [1.165, 1.54) is 30.0 Å². The molecule has 1 heterocycles. The van der Waals surface area contributed by atoms with Gasteiger partial charge in [-0.3, -0.25) is 4.90 Å². The van der Waals surface area contributed by atoms with Gasteiger partial charge in [0.15, 0.2) is 0 Å². The third-order valence-corrected chi connectivity index (χ3v) is 5.27. The molecule has 1 unspecified atom stereocenters. The van der Waals surface area contributed by atoms with E-state index in [2.05, 4.69) is 67.0 Å². The SMILES string of the molecule is CNCC(C)c1ccc(CN2CCSC(C)(C)C2)cc1. The van der Waals surface area contributed by atoms with Crippen LogP contribution >= 0.6 is 11.8 Å². The third-order valence-electron chi connectivity index (χ3n) is 3.97. The molecule has 0 aliphatic carbocycles. The van der Waals surface area contributed by atoms with Crippen LogP contribution in [0.25, 0.3) is 0 Å². The predicted molar refractivity (Wildman–Crippen MR) is 90.6 cm³/mol. The largest absolute Gasteiger partial charge is 0.319 e. The van der Waals surface area contributed by atoms with Crippen LogP contribution in [-0.4, -0.2) is 42.1 Å². The average molecular weight is 292 g/mol. The molecule has 1 fully saturated rings. The standard InChI is InChI=1S/C17H28N2S/c1-14(11-18-4)16-7-5-15(6-8-16)12-19-9-10-20-17(2,3)13-19/h5-8,14,18H,9-13H2,1-4H3. The quantitative estimate of drug-likeness (QED) is 0.896. The summed E-state index contributed by atoms with van der Waals surface area (Å²) in [5.41, 5.74) is 2.87. The van der Waals surface area contributed by atoms with E-state index in [1.54, 1.807) is 0 Å². The molecule has 0 spiro atoms. The molecule has 1 aliphatic rings. The highest BCUT2D eigenvalue weighted by Gasteiger charge is 2.26. The van der Waals surface area contributed by atoms with Crippen molar-refractivity contribution in [3.05, 3.63) is 35.4 Å². The van der Waals surface area contributed by atoms with Crippen molar-refractivity contribution in [3.63, 3.8) is 0 Å². The first-order valence-electron chi connectivity index (χ1n) is 7.60. The van der Waals surface area contributed by atoms with Crippen molar-refractivity contribution in [3.8, 4) is 0 Å². The van der Waals surface area contributed by atoms with Gasteiger partial charge in [0.05, 0.1) is 0 Å². The maximum atomic E-state index is 3.24. The first-order valence-corrected chi connectivity index (χ1v) is 8.58. The second kappa shape index (κ2) is 6.97. The lowest BCUT2D eigenvalue weighted by Gasteiger charge is -2.37. The van der Waals surface area contributed by atoms with Gasteiger partial charge in [-0.05, 0) is 37.9 Å². The van der Waals surface area contributed by atoms with Gasteiger partial charge in [-0.15, -0.1) is 0 Å². The van der Waals surface area contributed by atoms with Crippen LogP contribution in [0.15, 0.2) is 24.3 Å². The fourth-order valence-electron chi connectivity index (χ4n) is 2.88. The van der Waals surface area contributed by atoms with Crippen LogP contribution < -0.4 is 5.32 Å². The summed E-state index contributed by atoms with van der Waals surface area (Å²) in [6.07, 6.45) is 0. The van der Waals surface area contributed by atoms with Crippen LogP contribution in [0.5, 0.6) is 0 Å². The van der Waals surface area contributed by atoms with E-state index >= 15 is 0 Å². The lowest BCUT2D eigenvalue weighted by atomic mass is 9.99. The third kappa shape index (κ3) is 4.51. The van der Waals surface area contributed by atoms with Crippen molar-refractivity contribution in [2.45, 2.75) is 38.0 Å². The van der Waals surface area contributed by atoms with Gasteiger partial charge >= 0.3 is 0 Å². The molecule has 1 aromatic carbocycles. The normalized spacial score (nSPS) is 20.8. The Hall–Kier alpha value is -0.510. The molecule has 0 aromatic heterocycles. The van der Waals surface area contributed by atoms with Gasteiger partial charge in [0.2, 0.25) is 0 Å². The minimum absolute atomic E-state index is 0.402. The van der Waals surface area contributed by atoms with E-state index in [1.807, 2.05) is 7.05 Å². The molecule has 20 heavy (non-hydrogen) atoms. The number of likely N-dealkylation sites (N-methyl/N-ethyl adjacent to an activating group) is 1. The molecule has 0 radical (unpaired) electrons. The Balaban J connectivity index is 1.93. The summed E-state index contributed by atoms with van der Waals surface area (Å²) in [5.74, 6) is 1.84. The van der Waals surface area contributed by atoms with Crippen LogP contribution in [0.1, 0.15) is 37.8 Å². The summed E-state index contributed by atoms with van der Waals surface area (Å²) >= 11 is 2.10. The summed E-state index contributed by atoms with van der Waals surface area (Å²) < 4.78 is 0.402. The molecule has 1 aromatic rings. The van der Waals surface area contributed by atoms with Crippen LogP contribution in [-0.2, 0) is 6.54 Å². The molecule has 0 saturated carbocycles. The van der Waals surface area contributed by atoms with Gasteiger partial charge in [0.25, 0.3) is 0 Å². The number of nitrogens with zero attached hydrogens (tertiary/aromatic N) is 1. The summed E-state index contributed by atoms with van der Waals surface area (Å²) in [7, 11) is 2.01. The Morgan fingerprint density at radius 2 is 2.00 bits per heavy atom. The van der Waals surface area contributed by atoms with E-state index in [4.69, 9.17) is 0 Å². The average Bonchev–Trinajstić information content (AvgIpc) is 2.38. The van der Waals surface area contributed by atoms with E-state index in [0.29, 0.717) is 10.7 Å². The topological polar surface area (TPSA) is 15.3 Å². The van der Waals surface area contributed by atoms with Gasteiger partial charge in [-0.2, -0.15) is 11.8 Å². The van der Waals surface area contributed by atoms with E-state index < -0.39 is 0 Å². The van der Waals surface area contributed by atoms with Crippen LogP contribution in [0, 0.1) is 0 Å². The Morgan fingerprint density at radius 1 is 1.30 bits per heavy atom. The minimum atomic E-state index is 0.402. The van der Waals surface area contributed by atoms with Gasteiger partial charge in [-0.25, -0.2) is 0 Å². The molecule has 0 amide bonds. The molecule has 3 heteroatoms. The van der Waals surface area contributed by atoms with Gasteiger partial charge in [-0.1, -0.05) is 31.2 Å². The van der Waals surface area contributed by atoms with Crippen molar-refractivity contribution in [1.82, 2.24) is 10.2 Å². The number of rotatable bonds is 5. The molecule has 1 atom stereocenters. The van der Waals surface area contributed by atoms with Crippen molar-refractivity contribution in [1.29, 1.82) is 0 Å². The summed E-state index contributed by atoms with van der Waals surface area (Å²) in [4.78, 5) is 2.59. The zero-order valence-electron chi connectivity index (χ0n) is 13.3. The second-order valence-electron chi connectivity index (χ2n) is 6.52. The summed E-state index contributed by atoms with van der Waals surface area (Å²) in [6.45, 7) is 11.5. The van der Waals surface area contributed by atoms with Crippen LogP contribution in [0.4, 0.5) is 0 Å². The Morgan fingerprint density at radius 3 is 2.60 bits per heavy atom. The number of hydrogen-bond acceptors (Lipinski definition) is 3. The van der Waals surface area contributed by atoms with Crippen molar-refractivity contribution in [2.75, 3.05) is 32.4 Å². The Kier molecular flexibility index (Phi) is 5.53. The Bertz CT molecular complexity index is 414. The highest BCUT2D eigenvalue weighted by molar-refractivity contribution is 8.00. The van der Waals surface area contributed by atoms with Crippen molar-refractivity contribution < 1.29 is 0 Å². The fraction of sp³-hybridized carbons (Fsp3) is 0.647. The molecular formula is C17H28N2S. The highest BCUT2D eigenvalue weighted by Crippen LogP contribution is 2.30. The molecule has 1 aliphatic heterocycles. The molecular weight excluding hydrogens is 264 g/mol. The minimum Gasteiger partial charge on any atom is -0.319 e. The van der Waals surface area contributed by atoms with Gasteiger partial charge < -0.3 is 5.32 Å². The van der Waals surface area contributed by atoms with E-state index in [0.717, 1.165) is 13.1 Å². The van der Waals surface area contributed by atoms with Crippen LogP contribution in [0.2, 0.25) is 0 Å². The monoisotopic (exact) mass is 292 g/mol. The second-order valence-corrected chi connectivity index (χ2v) is 8.32. The zero-order chi connectivity index (χ0) is 14.6. The van der Waals surface area contributed by atoms with Crippen molar-refractivity contribution >= 4 is 11.8 Å². The number of benzene rings is 1. The summed E-state index contributed by atoms with van der Waals surface area (Å²) in [5, 5.41) is 3.24. The zero-order valence-corrected chi connectivity index (χ0v) is 14.1. The van der Waals surface area contributed by atoms with Gasteiger partial charge in [0, 0.05) is 36.7 Å². The maximum absolute atomic E-state index is 3.24. The summed E-state index contributed by atoms with van der Waals surface area (Å²) in [6, 6.07) is 9.19. The number of thioether (sulfide) groups is 1. The molecule has 112 valence electrons. The van der Waals surface area contributed by atoms with Crippen molar-refractivity contribution in [2.24, 2.45) is 0 Å². The molecule has 2 nitrogen and oxygen atoms in total. The fourth-order valence-corrected chi connectivity index (χ4v) is 4.06. The molecule has 0 bridgehead atoms. The molecule has 2 rings (SSSR count). The Labute approximate surface area is 128 Å². The van der Waals surface area contributed by atoms with E-state index in [-0.39, 0.29) is 0 Å². The van der Waals surface area contributed by atoms with Gasteiger partial charge in [0.1, 0.15) is 0 Å². The number of nitrogens with one attached hydrogen (secondary N) is 1. The van der Waals surface area contributed by atoms with E-state index in [9.17, 15) is 0 Å². The smallest absolute Gasteiger partial charge is 0.0234 e. The lowest BCUT2D eigenvalue weighted by molar-refractivity contribution is 0.252. The highest BCUT2D eigenvalue weighted by atomic mass is 32.2. The first kappa shape index (κ1) is 15.9. The number of hydrogen-bond donors (Lipinski definition) is 1. The molecule has 1 saturated heterocycles. The first-order chi connectivity index (χ1) is 9.50.